The van der Waals surface area contributed by atoms with E-state index in [9.17, 15) is 20.1 Å². The summed E-state index contributed by atoms with van der Waals surface area (Å²) < 4.78 is 26.3. The molecule has 11 heteroatoms. The minimum absolute atomic E-state index is 0.0793. The number of hydrogen-bond donors (Lipinski definition) is 3. The molecule has 2 aliphatic carbocycles. The predicted octanol–water partition coefficient (Wildman–Crippen LogP) is 10.3. The van der Waals surface area contributed by atoms with E-state index in [0.717, 1.165) is 81.1 Å². The van der Waals surface area contributed by atoms with E-state index in [-0.39, 0.29) is 43.3 Å². The number of carbonyl (C=O) groups is 1. The molecule has 1 saturated heterocycles. The summed E-state index contributed by atoms with van der Waals surface area (Å²) in [5, 5.41) is 35.6. The van der Waals surface area contributed by atoms with Crippen molar-refractivity contribution in [2.75, 3.05) is 39.6 Å². The average Bonchev–Trinajstić information content (AvgIpc) is 3.25. The van der Waals surface area contributed by atoms with E-state index in [1.54, 1.807) is 17.0 Å². The molecule has 1 aromatic rings. The molecule has 0 radical (unpaired) electrons. The maximum Gasteiger partial charge on any atom is 0.410 e. The highest BCUT2D eigenvalue weighted by Gasteiger charge is 2.65. The van der Waals surface area contributed by atoms with Gasteiger partial charge >= 0.3 is 6.09 Å². The van der Waals surface area contributed by atoms with E-state index in [1.165, 1.54) is 44.9 Å². The molecule has 59 heavy (non-hydrogen) atoms. The molecule has 0 bridgehead atoms. The van der Waals surface area contributed by atoms with E-state index in [4.69, 9.17) is 28.9 Å². The molecule has 0 aromatic heterocycles. The monoisotopic (exact) mass is 825 g/mol. The quantitative estimate of drug-likeness (QED) is 0.0449. The van der Waals surface area contributed by atoms with Gasteiger partial charge in [-0.1, -0.05) is 102 Å². The molecule has 0 spiro atoms. The van der Waals surface area contributed by atoms with Crippen LogP contribution in [0.5, 0.6) is 11.5 Å². The molecule has 1 amide bonds. The number of fused-ring (bicyclic) bond motifs is 2. The maximum atomic E-state index is 14.5. The SMILES string of the molecule is C=CCO[C@@]12Oc3ccc(O)cc3[C@H]3[C@H](CCCCO)[C@@H](CCCCO)C=C(C(=NOC4CCCCO4)C[C@@H]1N(CCC)C(=O)OCCCCCCCCCCCC)[C@H]32. The second-order valence-corrected chi connectivity index (χ2v) is 17.2. The summed E-state index contributed by atoms with van der Waals surface area (Å²) in [5.74, 6) is -1.04. The highest BCUT2D eigenvalue weighted by molar-refractivity contribution is 6.03. The van der Waals surface area contributed by atoms with Gasteiger partial charge in [0, 0.05) is 44.1 Å². The van der Waals surface area contributed by atoms with Gasteiger partial charge in [0.2, 0.25) is 12.1 Å². The van der Waals surface area contributed by atoms with Crippen molar-refractivity contribution in [3.05, 3.63) is 48.1 Å². The largest absolute Gasteiger partial charge is 0.508 e. The molecule has 1 saturated carbocycles. The number of allylic oxidation sites excluding steroid dienone is 1. The van der Waals surface area contributed by atoms with Crippen molar-refractivity contribution in [3.8, 4) is 11.5 Å². The lowest BCUT2D eigenvalue weighted by molar-refractivity contribution is -0.255. The van der Waals surface area contributed by atoms with Gasteiger partial charge in [-0.15, -0.1) is 6.58 Å². The summed E-state index contributed by atoms with van der Waals surface area (Å²) in [5.41, 5.74) is 2.58. The van der Waals surface area contributed by atoms with E-state index in [2.05, 4.69) is 26.5 Å². The average molecular weight is 825 g/mol. The van der Waals surface area contributed by atoms with E-state index >= 15 is 0 Å². The first-order valence-corrected chi connectivity index (χ1v) is 23.4. The number of hydrogen-bond acceptors (Lipinski definition) is 10. The number of carbonyl (C=O) groups excluding carboxylic acids is 1. The van der Waals surface area contributed by atoms with Gasteiger partial charge in [-0.25, -0.2) is 4.79 Å². The summed E-state index contributed by atoms with van der Waals surface area (Å²) in [6.07, 6.45) is 23.6. The van der Waals surface area contributed by atoms with Crippen molar-refractivity contribution in [3.63, 3.8) is 0 Å². The van der Waals surface area contributed by atoms with Crippen LogP contribution in [0.25, 0.3) is 0 Å². The van der Waals surface area contributed by atoms with Gasteiger partial charge in [0.05, 0.1) is 31.5 Å². The number of oxime groups is 1. The Morgan fingerprint density at radius 3 is 2.36 bits per heavy atom. The van der Waals surface area contributed by atoms with Crippen molar-refractivity contribution in [1.82, 2.24) is 4.90 Å². The van der Waals surface area contributed by atoms with Gasteiger partial charge in [-0.3, -0.25) is 4.90 Å². The lowest BCUT2D eigenvalue weighted by atomic mass is 9.55. The predicted molar refractivity (Wildman–Crippen MR) is 231 cm³/mol. The molecule has 2 heterocycles. The Kier molecular flexibility index (Phi) is 19.9. The van der Waals surface area contributed by atoms with E-state index in [1.807, 2.05) is 12.1 Å². The summed E-state index contributed by atoms with van der Waals surface area (Å²) in [7, 11) is 0. The van der Waals surface area contributed by atoms with Crippen LogP contribution in [0.1, 0.15) is 160 Å². The van der Waals surface area contributed by atoms with Crippen LogP contribution in [0.3, 0.4) is 0 Å². The normalized spacial score (nSPS) is 26.6. The van der Waals surface area contributed by atoms with Crippen LogP contribution in [0.2, 0.25) is 0 Å². The lowest BCUT2D eigenvalue weighted by Crippen LogP contribution is -2.70. The number of phenols is 1. The first kappa shape index (κ1) is 46.9. The van der Waals surface area contributed by atoms with E-state index < -0.39 is 30.1 Å². The molecule has 2 fully saturated rings. The van der Waals surface area contributed by atoms with Crippen LogP contribution in [0.15, 0.2) is 47.7 Å². The number of unbranched alkanes of at least 4 members (excludes halogenated alkanes) is 11. The number of benzene rings is 1. The molecule has 11 nitrogen and oxygen atoms in total. The van der Waals surface area contributed by atoms with Gasteiger partial charge in [-0.05, 0) is 87.0 Å². The van der Waals surface area contributed by atoms with Crippen LogP contribution in [0, 0.1) is 17.8 Å². The topological polar surface area (TPSA) is 140 Å². The second-order valence-electron chi connectivity index (χ2n) is 17.2. The standard InChI is InChI=1S/C48H76N2O9/c1-4-7-8-9-10-11-12-13-14-20-32-56-47(54)50(27-5-2)43-35-41(49-59-44-24-17-21-31-55-44)39-33-36(22-15-18-28-51)38(23-16-19-29-52)45-40-34-37(53)25-26-42(40)58-48(43,46(39)45)57-30-6-3/h6,25-26,33-34,36,38,43-46,51-53H,3-5,7-24,27-32,35H2,1-2H3/t36-,38+,43-,44?,45+,46+,48+/m0/s1. The van der Waals surface area contributed by atoms with Crippen LogP contribution in [0.4, 0.5) is 4.79 Å². The Morgan fingerprint density at radius 1 is 0.949 bits per heavy atom. The molecular formula is C48H76N2O9. The summed E-state index contributed by atoms with van der Waals surface area (Å²) in [6.45, 7) is 10.1. The molecule has 7 atom stereocenters. The highest BCUT2D eigenvalue weighted by atomic mass is 16.8. The van der Waals surface area contributed by atoms with Crippen molar-refractivity contribution in [2.24, 2.45) is 22.9 Å². The first-order valence-electron chi connectivity index (χ1n) is 23.4. The van der Waals surface area contributed by atoms with Crippen LogP contribution >= 0.6 is 0 Å². The zero-order chi connectivity index (χ0) is 41.9. The number of phenolic OH excluding ortho intramolecular Hbond substituents is 1. The Labute approximate surface area is 354 Å². The number of amides is 1. The van der Waals surface area contributed by atoms with Crippen LogP contribution in [-0.2, 0) is 19.0 Å². The number of rotatable bonds is 27. The summed E-state index contributed by atoms with van der Waals surface area (Å²) >= 11 is 0. The Balaban J connectivity index is 1.53. The molecule has 4 aliphatic rings. The highest BCUT2D eigenvalue weighted by Crippen LogP contribution is 2.62. The van der Waals surface area contributed by atoms with Crippen molar-refractivity contribution >= 4 is 11.8 Å². The zero-order valence-electron chi connectivity index (χ0n) is 36.3. The van der Waals surface area contributed by atoms with E-state index in [0.29, 0.717) is 51.2 Å². The molecular weight excluding hydrogens is 749 g/mol. The second kappa shape index (κ2) is 25.0. The smallest absolute Gasteiger partial charge is 0.410 e. The number of nitrogens with zero attached hydrogens (tertiary/aromatic N) is 2. The summed E-state index contributed by atoms with van der Waals surface area (Å²) in [6, 6.07) is 4.64. The molecule has 2 aliphatic heterocycles. The van der Waals surface area contributed by atoms with Crippen molar-refractivity contribution < 1.29 is 43.9 Å². The minimum Gasteiger partial charge on any atom is -0.508 e. The fourth-order valence-electron chi connectivity index (χ4n) is 10.0. The third-order valence-corrected chi connectivity index (χ3v) is 12.9. The molecule has 3 N–H and O–H groups in total. The van der Waals surface area contributed by atoms with Gasteiger partial charge in [-0.2, -0.15) is 0 Å². The molecule has 1 aromatic carbocycles. The lowest BCUT2D eigenvalue weighted by Gasteiger charge is -2.59. The Hall–Kier alpha value is -3.12. The van der Waals surface area contributed by atoms with Gasteiger partial charge in [0.25, 0.3) is 0 Å². The Bertz CT molecular complexity index is 1480. The van der Waals surface area contributed by atoms with Gasteiger partial charge < -0.3 is 39.1 Å². The van der Waals surface area contributed by atoms with Crippen LogP contribution in [-0.4, -0.2) is 89.7 Å². The van der Waals surface area contributed by atoms with Crippen molar-refractivity contribution in [1.29, 1.82) is 0 Å². The number of aliphatic hydroxyl groups is 2. The van der Waals surface area contributed by atoms with Gasteiger partial charge in [0.1, 0.15) is 17.5 Å². The summed E-state index contributed by atoms with van der Waals surface area (Å²) in [4.78, 5) is 22.5. The minimum atomic E-state index is -1.36. The Morgan fingerprint density at radius 2 is 1.68 bits per heavy atom. The number of aromatic hydroxyl groups is 1. The number of aliphatic hydroxyl groups excluding tert-OH is 2. The maximum absolute atomic E-state index is 14.5. The van der Waals surface area contributed by atoms with Crippen LogP contribution < -0.4 is 4.74 Å². The third kappa shape index (κ3) is 12.5. The van der Waals surface area contributed by atoms with Crippen molar-refractivity contribution in [2.45, 2.75) is 173 Å². The molecule has 1 unspecified atom stereocenters. The number of ether oxygens (including phenoxy) is 4. The fraction of sp³-hybridized carbons (Fsp3) is 0.750. The molecule has 332 valence electrons. The third-order valence-electron chi connectivity index (χ3n) is 12.9. The van der Waals surface area contributed by atoms with Gasteiger partial charge in [0.15, 0.2) is 0 Å². The zero-order valence-corrected chi connectivity index (χ0v) is 36.3. The molecule has 5 rings (SSSR count). The first-order chi connectivity index (χ1) is 28.9. The fourth-order valence-corrected chi connectivity index (χ4v) is 10.0.